The van der Waals surface area contributed by atoms with Gasteiger partial charge < -0.3 is 10.4 Å². The van der Waals surface area contributed by atoms with E-state index in [2.05, 4.69) is 12.2 Å². The first kappa shape index (κ1) is 15.5. The monoisotopic (exact) mass is 289 g/mol. The number of hydrogen-bond donors (Lipinski definition) is 2. The van der Waals surface area contributed by atoms with Gasteiger partial charge in [0.1, 0.15) is 0 Å². The van der Waals surface area contributed by atoms with Gasteiger partial charge in [0.25, 0.3) is 0 Å². The first-order valence-electron chi connectivity index (χ1n) is 7.53. The van der Waals surface area contributed by atoms with Gasteiger partial charge >= 0.3 is 5.97 Å². The Morgan fingerprint density at radius 3 is 2.29 bits per heavy atom. The second-order valence-corrected chi connectivity index (χ2v) is 6.05. The molecule has 21 heavy (non-hydrogen) atoms. The normalized spacial score (nSPS) is 24.8. The fraction of sp³-hybridized carbons (Fsp3) is 0.529. The highest BCUT2D eigenvalue weighted by molar-refractivity contribution is 5.96. The van der Waals surface area contributed by atoms with E-state index in [-0.39, 0.29) is 5.91 Å². The van der Waals surface area contributed by atoms with Crippen LogP contribution in [-0.2, 0) is 9.59 Å². The van der Waals surface area contributed by atoms with E-state index < -0.39 is 17.8 Å². The third-order valence-corrected chi connectivity index (χ3v) is 4.62. The number of amides is 1. The van der Waals surface area contributed by atoms with Crippen LogP contribution in [-0.4, -0.2) is 17.0 Å². The number of para-hydroxylation sites is 1. The largest absolute Gasteiger partial charge is 0.481 e. The molecule has 0 aromatic heterocycles. The van der Waals surface area contributed by atoms with Crippen LogP contribution in [0.25, 0.3) is 0 Å². The minimum absolute atomic E-state index is 0.157. The van der Waals surface area contributed by atoms with Gasteiger partial charge in [-0.05, 0) is 43.7 Å². The van der Waals surface area contributed by atoms with Crippen LogP contribution in [0.15, 0.2) is 18.2 Å². The number of carboxylic acid groups (broad SMARTS) is 1. The lowest BCUT2D eigenvalue weighted by molar-refractivity contribution is -0.145. The second kappa shape index (κ2) is 6.29. The molecule has 0 heterocycles. The molecule has 1 aliphatic carbocycles. The Morgan fingerprint density at radius 2 is 1.76 bits per heavy atom. The van der Waals surface area contributed by atoms with E-state index in [0.717, 1.165) is 23.2 Å². The summed E-state index contributed by atoms with van der Waals surface area (Å²) in [7, 11) is 0. The molecule has 114 valence electrons. The quantitative estimate of drug-likeness (QED) is 0.893. The molecule has 0 saturated heterocycles. The number of hydrogen-bond acceptors (Lipinski definition) is 2. The summed E-state index contributed by atoms with van der Waals surface area (Å²) in [6.07, 6.45) is 2.21. The van der Waals surface area contributed by atoms with Crippen molar-refractivity contribution in [1.82, 2.24) is 0 Å². The summed E-state index contributed by atoms with van der Waals surface area (Å²) in [5.74, 6) is -1.66. The molecule has 2 N–H and O–H groups in total. The van der Waals surface area contributed by atoms with Gasteiger partial charge in [-0.3, -0.25) is 9.59 Å². The Bertz CT molecular complexity index is 533. The zero-order valence-corrected chi connectivity index (χ0v) is 12.8. The van der Waals surface area contributed by atoms with Gasteiger partial charge in [-0.1, -0.05) is 31.5 Å². The molecule has 2 rings (SSSR count). The molecule has 0 radical (unpaired) electrons. The Balaban J connectivity index is 2.17. The number of rotatable bonds is 4. The lowest BCUT2D eigenvalue weighted by atomic mass is 9.95. The van der Waals surface area contributed by atoms with E-state index in [1.807, 2.05) is 32.0 Å². The molecule has 4 heteroatoms. The molecule has 1 aliphatic rings. The smallest absolute Gasteiger partial charge is 0.307 e. The van der Waals surface area contributed by atoms with E-state index in [0.29, 0.717) is 18.8 Å². The molecule has 1 amide bonds. The van der Waals surface area contributed by atoms with Crippen molar-refractivity contribution in [2.75, 3.05) is 5.32 Å². The molecule has 0 aliphatic heterocycles. The second-order valence-electron chi connectivity index (χ2n) is 6.05. The molecular weight excluding hydrogens is 266 g/mol. The number of carbonyl (C=O) groups is 2. The number of aliphatic carboxylic acids is 1. The summed E-state index contributed by atoms with van der Waals surface area (Å²) in [5, 5.41) is 12.3. The van der Waals surface area contributed by atoms with Gasteiger partial charge in [-0.2, -0.15) is 0 Å². The highest BCUT2D eigenvalue weighted by Crippen LogP contribution is 2.39. The van der Waals surface area contributed by atoms with Gasteiger partial charge in [-0.25, -0.2) is 0 Å². The lowest BCUT2D eigenvalue weighted by Gasteiger charge is -2.18. The maximum Gasteiger partial charge on any atom is 0.307 e. The molecule has 1 aromatic carbocycles. The topological polar surface area (TPSA) is 66.4 Å². The lowest BCUT2D eigenvalue weighted by Crippen LogP contribution is -2.30. The van der Waals surface area contributed by atoms with Crippen LogP contribution in [0.2, 0.25) is 0 Å². The van der Waals surface area contributed by atoms with Gasteiger partial charge in [0, 0.05) is 5.69 Å². The van der Waals surface area contributed by atoms with Crippen molar-refractivity contribution in [2.24, 2.45) is 17.8 Å². The number of carboxylic acids is 1. The van der Waals surface area contributed by atoms with Gasteiger partial charge in [-0.15, -0.1) is 0 Å². The minimum atomic E-state index is -0.854. The standard InChI is InChI=1S/C17H23NO3/c1-4-12-8-13(14(9-12)17(20)21)16(19)18-15-10(2)6-5-7-11(15)3/h5-7,12-14H,4,8-9H2,1-3H3,(H,18,19)(H,20,21). The summed E-state index contributed by atoms with van der Waals surface area (Å²) in [6.45, 7) is 5.94. The van der Waals surface area contributed by atoms with Gasteiger partial charge in [0.2, 0.25) is 5.91 Å². The molecule has 0 spiro atoms. The van der Waals surface area contributed by atoms with Gasteiger partial charge in [0.15, 0.2) is 0 Å². The highest BCUT2D eigenvalue weighted by atomic mass is 16.4. The molecule has 1 aromatic rings. The minimum Gasteiger partial charge on any atom is -0.481 e. The fourth-order valence-electron chi connectivity index (χ4n) is 3.27. The summed E-state index contributed by atoms with van der Waals surface area (Å²) >= 11 is 0. The number of anilines is 1. The third-order valence-electron chi connectivity index (χ3n) is 4.62. The van der Waals surface area contributed by atoms with Crippen LogP contribution in [0.4, 0.5) is 5.69 Å². The average molecular weight is 289 g/mol. The van der Waals surface area contributed by atoms with Crippen molar-refractivity contribution >= 4 is 17.6 Å². The Labute approximate surface area is 125 Å². The van der Waals surface area contributed by atoms with Crippen LogP contribution >= 0.6 is 0 Å². The Morgan fingerprint density at radius 1 is 1.19 bits per heavy atom. The summed E-state index contributed by atoms with van der Waals surface area (Å²) < 4.78 is 0. The van der Waals surface area contributed by atoms with E-state index in [9.17, 15) is 14.7 Å². The van der Waals surface area contributed by atoms with Crippen LogP contribution in [0.3, 0.4) is 0 Å². The van der Waals surface area contributed by atoms with Crippen molar-refractivity contribution in [1.29, 1.82) is 0 Å². The predicted molar refractivity (Wildman–Crippen MR) is 82.2 cm³/mol. The first-order chi connectivity index (χ1) is 9.93. The summed E-state index contributed by atoms with van der Waals surface area (Å²) in [4.78, 5) is 23.9. The van der Waals surface area contributed by atoms with E-state index in [4.69, 9.17) is 0 Å². The SMILES string of the molecule is CCC1CC(C(=O)O)C(C(=O)Nc2c(C)cccc2C)C1. The maximum atomic E-state index is 12.5. The molecule has 1 saturated carbocycles. The Hall–Kier alpha value is -1.84. The average Bonchev–Trinajstić information content (AvgIpc) is 2.87. The molecular formula is C17H23NO3. The zero-order valence-electron chi connectivity index (χ0n) is 12.8. The van der Waals surface area contributed by atoms with Gasteiger partial charge in [0.05, 0.1) is 11.8 Å². The predicted octanol–water partition coefficient (Wildman–Crippen LogP) is 3.38. The maximum absolute atomic E-state index is 12.5. The number of nitrogens with one attached hydrogen (secondary N) is 1. The molecule has 1 fully saturated rings. The number of aryl methyl sites for hydroxylation is 2. The molecule has 3 atom stereocenters. The summed E-state index contributed by atoms with van der Waals surface area (Å²) in [6, 6.07) is 5.84. The molecule has 4 nitrogen and oxygen atoms in total. The molecule has 0 bridgehead atoms. The van der Waals surface area contributed by atoms with Crippen molar-refractivity contribution in [3.05, 3.63) is 29.3 Å². The fourth-order valence-corrected chi connectivity index (χ4v) is 3.27. The van der Waals surface area contributed by atoms with Crippen molar-refractivity contribution < 1.29 is 14.7 Å². The van der Waals surface area contributed by atoms with Crippen molar-refractivity contribution in [2.45, 2.75) is 40.0 Å². The molecule has 3 unspecified atom stereocenters. The third kappa shape index (κ3) is 3.26. The number of benzene rings is 1. The van der Waals surface area contributed by atoms with E-state index in [1.165, 1.54) is 0 Å². The van der Waals surface area contributed by atoms with Crippen LogP contribution in [0.5, 0.6) is 0 Å². The van der Waals surface area contributed by atoms with E-state index in [1.54, 1.807) is 0 Å². The number of carbonyl (C=O) groups excluding carboxylic acids is 1. The van der Waals surface area contributed by atoms with Crippen LogP contribution < -0.4 is 5.32 Å². The van der Waals surface area contributed by atoms with Crippen LogP contribution in [0, 0.1) is 31.6 Å². The van der Waals surface area contributed by atoms with Crippen molar-refractivity contribution in [3.8, 4) is 0 Å². The first-order valence-corrected chi connectivity index (χ1v) is 7.53. The Kier molecular flexibility index (Phi) is 4.66. The summed E-state index contributed by atoms with van der Waals surface area (Å²) in [5.41, 5.74) is 2.81. The zero-order chi connectivity index (χ0) is 15.6. The van der Waals surface area contributed by atoms with Crippen LogP contribution in [0.1, 0.15) is 37.3 Å². The highest BCUT2D eigenvalue weighted by Gasteiger charge is 2.42. The van der Waals surface area contributed by atoms with Crippen molar-refractivity contribution in [3.63, 3.8) is 0 Å². The van der Waals surface area contributed by atoms with E-state index >= 15 is 0 Å².